The van der Waals surface area contributed by atoms with E-state index in [1.165, 1.54) is 10.6 Å². The van der Waals surface area contributed by atoms with Crippen molar-refractivity contribution in [1.82, 2.24) is 9.62 Å². The maximum atomic E-state index is 11.8. The van der Waals surface area contributed by atoms with Crippen LogP contribution in [0.15, 0.2) is 0 Å². The zero-order chi connectivity index (χ0) is 12.2. The first kappa shape index (κ1) is 13.4. The highest BCUT2D eigenvalue weighted by molar-refractivity contribution is 7.88. The van der Waals surface area contributed by atoms with Gasteiger partial charge in [0.05, 0.1) is 6.26 Å². The van der Waals surface area contributed by atoms with Gasteiger partial charge in [-0.2, -0.15) is 4.31 Å². The van der Waals surface area contributed by atoms with Crippen molar-refractivity contribution in [3.05, 3.63) is 0 Å². The minimum atomic E-state index is -3.27. The Bertz CT molecular complexity index is 340. The Hall–Kier alpha value is -0.620. The van der Waals surface area contributed by atoms with Gasteiger partial charge in [-0.3, -0.25) is 4.79 Å². The van der Waals surface area contributed by atoms with Crippen LogP contribution in [-0.2, 0) is 14.8 Å². The Balaban J connectivity index is 2.71. The molecule has 0 aromatic heterocycles. The number of hydrogen-bond donors (Lipinski definition) is 1. The van der Waals surface area contributed by atoms with Gasteiger partial charge < -0.3 is 5.32 Å². The van der Waals surface area contributed by atoms with E-state index in [-0.39, 0.29) is 5.91 Å². The third-order valence-corrected chi connectivity index (χ3v) is 4.02. The van der Waals surface area contributed by atoms with Gasteiger partial charge in [-0.1, -0.05) is 13.3 Å². The van der Waals surface area contributed by atoms with Crippen LogP contribution in [0.3, 0.4) is 0 Å². The average molecular weight is 248 g/mol. The van der Waals surface area contributed by atoms with Crippen LogP contribution in [0.2, 0.25) is 0 Å². The van der Waals surface area contributed by atoms with Crippen molar-refractivity contribution in [3.8, 4) is 0 Å². The predicted molar refractivity (Wildman–Crippen MR) is 62.5 cm³/mol. The van der Waals surface area contributed by atoms with Crippen LogP contribution in [0, 0.1) is 0 Å². The molecule has 1 fully saturated rings. The lowest BCUT2D eigenvalue weighted by atomic mass is 10.0. The Labute approximate surface area is 97.2 Å². The van der Waals surface area contributed by atoms with E-state index in [0.29, 0.717) is 19.5 Å². The molecule has 0 radical (unpaired) electrons. The summed E-state index contributed by atoms with van der Waals surface area (Å²) in [6.45, 7) is 3.03. The molecule has 1 N–H and O–H groups in total. The summed E-state index contributed by atoms with van der Waals surface area (Å²) in [4.78, 5) is 11.8. The predicted octanol–water partition coefficient (Wildman–Crippen LogP) is 0.327. The first-order chi connectivity index (χ1) is 7.46. The Morgan fingerprint density at radius 3 is 2.69 bits per heavy atom. The fourth-order valence-corrected chi connectivity index (χ4v) is 3.05. The quantitative estimate of drug-likeness (QED) is 0.779. The summed E-state index contributed by atoms with van der Waals surface area (Å²) in [7, 11) is -3.27. The topological polar surface area (TPSA) is 66.5 Å². The van der Waals surface area contributed by atoms with Gasteiger partial charge in [0.15, 0.2) is 0 Å². The average Bonchev–Trinajstić information content (AvgIpc) is 2.24. The molecule has 1 saturated heterocycles. The highest BCUT2D eigenvalue weighted by Gasteiger charge is 2.33. The number of rotatable bonds is 4. The molecule has 0 aliphatic carbocycles. The summed E-state index contributed by atoms with van der Waals surface area (Å²) in [5.41, 5.74) is 0. The number of hydrogen-bond acceptors (Lipinski definition) is 3. The van der Waals surface area contributed by atoms with E-state index in [0.717, 1.165) is 19.3 Å². The summed E-state index contributed by atoms with van der Waals surface area (Å²) < 4.78 is 24.4. The second kappa shape index (κ2) is 5.63. The Morgan fingerprint density at radius 2 is 2.12 bits per heavy atom. The van der Waals surface area contributed by atoms with E-state index in [1.807, 2.05) is 6.92 Å². The smallest absolute Gasteiger partial charge is 0.238 e. The number of piperidine rings is 1. The number of carbonyl (C=O) groups is 1. The minimum absolute atomic E-state index is 0.160. The molecule has 1 rings (SSSR count). The highest BCUT2D eigenvalue weighted by Crippen LogP contribution is 2.19. The zero-order valence-electron chi connectivity index (χ0n) is 9.90. The van der Waals surface area contributed by atoms with Crippen molar-refractivity contribution in [2.75, 3.05) is 19.3 Å². The molecule has 5 nitrogen and oxygen atoms in total. The standard InChI is InChI=1S/C10H20N2O3S/c1-3-7-11-10(13)9-6-4-5-8-12(9)16(2,14)15/h9H,3-8H2,1-2H3,(H,11,13). The molecule has 0 saturated carbocycles. The molecule has 1 atom stereocenters. The van der Waals surface area contributed by atoms with E-state index in [2.05, 4.69) is 5.32 Å². The van der Waals surface area contributed by atoms with Crippen molar-refractivity contribution in [2.45, 2.75) is 38.6 Å². The van der Waals surface area contributed by atoms with E-state index in [4.69, 9.17) is 0 Å². The lowest BCUT2D eigenvalue weighted by molar-refractivity contribution is -0.125. The van der Waals surface area contributed by atoms with Gasteiger partial charge >= 0.3 is 0 Å². The summed E-state index contributed by atoms with van der Waals surface area (Å²) in [5.74, 6) is -0.160. The van der Waals surface area contributed by atoms with Crippen LogP contribution in [0.5, 0.6) is 0 Å². The van der Waals surface area contributed by atoms with Crippen molar-refractivity contribution in [3.63, 3.8) is 0 Å². The monoisotopic (exact) mass is 248 g/mol. The largest absolute Gasteiger partial charge is 0.355 e. The molecule has 0 aromatic rings. The molecule has 1 heterocycles. The molecule has 1 amide bonds. The first-order valence-electron chi connectivity index (χ1n) is 5.71. The summed E-state index contributed by atoms with van der Waals surface area (Å²) in [6, 6.07) is -0.504. The molecule has 1 unspecified atom stereocenters. The molecule has 94 valence electrons. The molecule has 0 aromatic carbocycles. The number of nitrogens with zero attached hydrogens (tertiary/aromatic N) is 1. The van der Waals surface area contributed by atoms with E-state index in [9.17, 15) is 13.2 Å². The van der Waals surface area contributed by atoms with Crippen LogP contribution < -0.4 is 5.32 Å². The van der Waals surface area contributed by atoms with Gasteiger partial charge in [-0.15, -0.1) is 0 Å². The third kappa shape index (κ3) is 3.45. The number of sulfonamides is 1. The van der Waals surface area contributed by atoms with Crippen molar-refractivity contribution in [2.24, 2.45) is 0 Å². The van der Waals surface area contributed by atoms with Crippen LogP contribution in [0.4, 0.5) is 0 Å². The lowest BCUT2D eigenvalue weighted by Gasteiger charge is -2.32. The Morgan fingerprint density at radius 1 is 1.44 bits per heavy atom. The molecular formula is C10H20N2O3S. The minimum Gasteiger partial charge on any atom is -0.355 e. The molecule has 0 spiro atoms. The van der Waals surface area contributed by atoms with Crippen molar-refractivity contribution < 1.29 is 13.2 Å². The molecule has 1 aliphatic heterocycles. The van der Waals surface area contributed by atoms with Crippen molar-refractivity contribution in [1.29, 1.82) is 0 Å². The molecular weight excluding hydrogens is 228 g/mol. The van der Waals surface area contributed by atoms with Gasteiger partial charge in [0, 0.05) is 13.1 Å². The van der Waals surface area contributed by atoms with E-state index < -0.39 is 16.1 Å². The molecule has 6 heteroatoms. The maximum absolute atomic E-state index is 11.8. The molecule has 0 bridgehead atoms. The normalized spacial score (nSPS) is 23.0. The van der Waals surface area contributed by atoms with Crippen LogP contribution in [0.1, 0.15) is 32.6 Å². The second-order valence-electron chi connectivity index (χ2n) is 4.18. The fourth-order valence-electron chi connectivity index (χ4n) is 1.93. The van der Waals surface area contributed by atoms with Gasteiger partial charge in [0.25, 0.3) is 0 Å². The fraction of sp³-hybridized carbons (Fsp3) is 0.900. The number of amides is 1. The van der Waals surface area contributed by atoms with Gasteiger partial charge in [-0.25, -0.2) is 8.42 Å². The summed E-state index contributed by atoms with van der Waals surface area (Å²) >= 11 is 0. The van der Waals surface area contributed by atoms with Crippen LogP contribution in [0.25, 0.3) is 0 Å². The SMILES string of the molecule is CCCNC(=O)C1CCCCN1S(C)(=O)=O. The van der Waals surface area contributed by atoms with Crippen LogP contribution >= 0.6 is 0 Å². The summed E-state index contributed by atoms with van der Waals surface area (Å²) in [6.07, 6.45) is 4.40. The van der Waals surface area contributed by atoms with E-state index in [1.54, 1.807) is 0 Å². The van der Waals surface area contributed by atoms with Gasteiger partial charge in [0.2, 0.25) is 15.9 Å². The maximum Gasteiger partial charge on any atom is 0.238 e. The van der Waals surface area contributed by atoms with Crippen LogP contribution in [-0.4, -0.2) is 44.0 Å². The van der Waals surface area contributed by atoms with Gasteiger partial charge in [0.1, 0.15) is 6.04 Å². The lowest BCUT2D eigenvalue weighted by Crippen LogP contribution is -2.51. The number of carbonyl (C=O) groups excluding carboxylic acids is 1. The third-order valence-electron chi connectivity index (χ3n) is 2.73. The number of nitrogens with one attached hydrogen (secondary N) is 1. The van der Waals surface area contributed by atoms with E-state index >= 15 is 0 Å². The first-order valence-corrected chi connectivity index (χ1v) is 7.56. The zero-order valence-corrected chi connectivity index (χ0v) is 10.7. The molecule has 1 aliphatic rings. The Kier molecular flexibility index (Phi) is 4.73. The van der Waals surface area contributed by atoms with Gasteiger partial charge in [-0.05, 0) is 19.3 Å². The highest BCUT2D eigenvalue weighted by atomic mass is 32.2. The second-order valence-corrected chi connectivity index (χ2v) is 6.11. The van der Waals surface area contributed by atoms with Crippen molar-refractivity contribution >= 4 is 15.9 Å². The summed E-state index contributed by atoms with van der Waals surface area (Å²) in [5, 5.41) is 2.76. The molecule has 16 heavy (non-hydrogen) atoms.